The van der Waals surface area contributed by atoms with E-state index < -0.39 is 40.2 Å². The van der Waals surface area contributed by atoms with Crippen molar-refractivity contribution < 1.29 is 66.5 Å². The number of carbonyl (C=O) groups excluding carboxylic acids is 3. The zero-order valence-electron chi connectivity index (χ0n) is 17.3. The molecule has 1 aliphatic rings. The van der Waals surface area contributed by atoms with Crippen molar-refractivity contribution >= 4 is 50.3 Å². The number of thiazole rings is 1. The molecular formula is C17H16N5NaO8S2. The van der Waals surface area contributed by atoms with Crippen LogP contribution >= 0.6 is 11.3 Å². The summed E-state index contributed by atoms with van der Waals surface area (Å²) in [6.07, 6.45) is 0. The summed E-state index contributed by atoms with van der Waals surface area (Å²) in [5.74, 6) is -3.52. The number of anilines is 1. The smallest absolute Gasteiger partial charge is 0.731 e. The molecule has 0 saturated carbocycles. The zero-order chi connectivity index (χ0) is 23.5. The van der Waals surface area contributed by atoms with Gasteiger partial charge in [-0.1, -0.05) is 35.5 Å². The number of ether oxygens (including phenoxy) is 1. The SMILES string of the molecule is COC(=O)[C@@H]1[C@H](NC(=O)C(=NOCc2ccccc2)c2csc(N)n2)C(=O)N1S(=O)(=O)[O-].[Na+]. The molecule has 2 heterocycles. The average Bonchev–Trinajstić information content (AvgIpc) is 3.17. The van der Waals surface area contributed by atoms with Crippen molar-refractivity contribution in [2.45, 2.75) is 18.7 Å². The zero-order valence-corrected chi connectivity index (χ0v) is 21.0. The Balaban J connectivity index is 0.00000385. The Kier molecular flexibility index (Phi) is 8.93. The molecule has 170 valence electrons. The van der Waals surface area contributed by atoms with Crippen LogP contribution in [-0.4, -0.2) is 64.9 Å². The van der Waals surface area contributed by atoms with Gasteiger partial charge in [0, 0.05) is 5.38 Å². The number of carbonyl (C=O) groups is 3. The van der Waals surface area contributed by atoms with E-state index in [1.165, 1.54) is 5.38 Å². The summed E-state index contributed by atoms with van der Waals surface area (Å²) in [6, 6.07) is 5.37. The van der Waals surface area contributed by atoms with Gasteiger partial charge in [-0.3, -0.25) is 9.59 Å². The minimum absolute atomic E-state index is 0. The van der Waals surface area contributed by atoms with E-state index in [9.17, 15) is 27.4 Å². The first-order chi connectivity index (χ1) is 15.1. The summed E-state index contributed by atoms with van der Waals surface area (Å²) in [4.78, 5) is 46.0. The third-order valence-corrected chi connectivity index (χ3v) is 5.79. The van der Waals surface area contributed by atoms with Crippen LogP contribution in [0.15, 0.2) is 40.9 Å². The number of nitrogen functional groups attached to an aromatic ring is 1. The van der Waals surface area contributed by atoms with Crippen molar-refractivity contribution in [2.75, 3.05) is 12.8 Å². The van der Waals surface area contributed by atoms with E-state index in [1.807, 2.05) is 6.07 Å². The molecule has 1 aromatic heterocycles. The Bertz CT molecular complexity index is 1170. The van der Waals surface area contributed by atoms with E-state index >= 15 is 0 Å². The molecule has 0 unspecified atom stereocenters. The van der Waals surface area contributed by atoms with Crippen molar-refractivity contribution in [1.29, 1.82) is 0 Å². The van der Waals surface area contributed by atoms with E-state index in [1.54, 1.807) is 24.3 Å². The summed E-state index contributed by atoms with van der Waals surface area (Å²) in [6.45, 7) is 0.00654. The van der Waals surface area contributed by atoms with E-state index in [2.05, 4.69) is 20.2 Å². The maximum Gasteiger partial charge on any atom is 1.00 e. The largest absolute Gasteiger partial charge is 1.00 e. The second kappa shape index (κ2) is 11.0. The van der Waals surface area contributed by atoms with E-state index in [4.69, 9.17) is 10.6 Å². The van der Waals surface area contributed by atoms with Gasteiger partial charge in [-0.15, -0.1) is 11.3 Å². The Morgan fingerprint density at radius 1 is 1.33 bits per heavy atom. The minimum atomic E-state index is -5.30. The number of rotatable bonds is 8. The van der Waals surface area contributed by atoms with Crippen molar-refractivity contribution in [3.05, 3.63) is 47.0 Å². The number of hydrogen-bond donors (Lipinski definition) is 2. The number of aromatic nitrogens is 1. The Morgan fingerprint density at radius 2 is 2.00 bits per heavy atom. The molecular weight excluding hydrogens is 489 g/mol. The first-order valence-corrected chi connectivity index (χ1v) is 11.0. The second-order valence-corrected chi connectivity index (χ2v) is 8.42. The number of nitrogens with one attached hydrogen (secondary N) is 1. The Morgan fingerprint density at radius 3 is 2.55 bits per heavy atom. The third-order valence-electron chi connectivity index (χ3n) is 4.23. The molecule has 13 nitrogen and oxygen atoms in total. The number of β-lactam (4-membered cyclic amide) rings is 1. The van der Waals surface area contributed by atoms with Crippen LogP contribution in [0.1, 0.15) is 11.3 Å². The second-order valence-electron chi connectivity index (χ2n) is 6.28. The Labute approximate surface area is 214 Å². The summed E-state index contributed by atoms with van der Waals surface area (Å²) in [5.41, 5.74) is 5.99. The van der Waals surface area contributed by atoms with Crippen molar-refractivity contribution in [1.82, 2.24) is 14.6 Å². The average molecular weight is 505 g/mol. The summed E-state index contributed by atoms with van der Waals surface area (Å²) in [5, 5.41) is 7.47. The van der Waals surface area contributed by atoms with Crippen LogP contribution in [0, 0.1) is 0 Å². The van der Waals surface area contributed by atoms with Crippen molar-refractivity contribution in [3.8, 4) is 0 Å². The molecule has 0 bridgehead atoms. The van der Waals surface area contributed by atoms with Gasteiger partial charge in [-0.25, -0.2) is 22.5 Å². The number of esters is 1. The monoisotopic (exact) mass is 505 g/mol. The van der Waals surface area contributed by atoms with Gasteiger partial charge in [0.1, 0.15) is 18.3 Å². The van der Waals surface area contributed by atoms with Crippen LogP contribution < -0.4 is 40.6 Å². The van der Waals surface area contributed by atoms with Crippen LogP contribution in [-0.2, 0) is 40.9 Å². The summed E-state index contributed by atoms with van der Waals surface area (Å²) in [7, 11) is -4.37. The number of nitrogens with zero attached hydrogens (tertiary/aromatic N) is 3. The van der Waals surface area contributed by atoms with Gasteiger partial charge in [-0.2, -0.15) is 0 Å². The van der Waals surface area contributed by atoms with Gasteiger partial charge < -0.3 is 25.2 Å². The number of benzene rings is 1. The van der Waals surface area contributed by atoms with E-state index in [-0.39, 0.29) is 57.0 Å². The Hall–Kier alpha value is -2.56. The molecule has 2 amide bonds. The van der Waals surface area contributed by atoms with Crippen LogP contribution in [0.4, 0.5) is 5.13 Å². The van der Waals surface area contributed by atoms with Gasteiger partial charge in [0.2, 0.25) is 0 Å². The van der Waals surface area contributed by atoms with Crippen LogP contribution in [0.2, 0.25) is 0 Å². The molecule has 16 heteroatoms. The maximum atomic E-state index is 12.8. The van der Waals surface area contributed by atoms with Gasteiger partial charge >= 0.3 is 35.5 Å². The van der Waals surface area contributed by atoms with Crippen molar-refractivity contribution in [3.63, 3.8) is 0 Å². The van der Waals surface area contributed by atoms with E-state index in [0.717, 1.165) is 24.0 Å². The first-order valence-electron chi connectivity index (χ1n) is 8.76. The number of hydrogen-bond acceptors (Lipinski definition) is 12. The first kappa shape index (κ1) is 26.7. The number of oxime groups is 1. The number of amides is 2. The van der Waals surface area contributed by atoms with Gasteiger partial charge in [0.25, 0.3) is 11.8 Å². The maximum absolute atomic E-state index is 12.8. The third kappa shape index (κ3) is 6.07. The van der Waals surface area contributed by atoms with Gasteiger partial charge in [0.15, 0.2) is 27.2 Å². The topological polar surface area (TPSA) is 193 Å². The molecule has 1 saturated heterocycles. The fourth-order valence-electron chi connectivity index (χ4n) is 2.76. The normalized spacial score (nSPS) is 18.1. The summed E-state index contributed by atoms with van der Waals surface area (Å²) >= 11 is 1.01. The minimum Gasteiger partial charge on any atom is -0.731 e. The molecule has 3 N–H and O–H groups in total. The quantitative estimate of drug-likeness (QED) is 0.0891. The molecule has 0 radical (unpaired) electrons. The van der Waals surface area contributed by atoms with E-state index in [0.29, 0.717) is 0 Å². The molecule has 1 aliphatic heterocycles. The molecule has 0 spiro atoms. The predicted molar refractivity (Wildman–Crippen MR) is 109 cm³/mol. The summed E-state index contributed by atoms with van der Waals surface area (Å²) < 4.78 is 38.1. The van der Waals surface area contributed by atoms with Gasteiger partial charge in [-0.05, 0) is 5.56 Å². The predicted octanol–water partition coefficient (Wildman–Crippen LogP) is -4.02. The number of methoxy groups -OCH3 is 1. The van der Waals surface area contributed by atoms with Gasteiger partial charge in [0.05, 0.1) is 7.11 Å². The molecule has 2 atom stereocenters. The molecule has 33 heavy (non-hydrogen) atoms. The van der Waals surface area contributed by atoms with Crippen molar-refractivity contribution in [2.24, 2.45) is 5.16 Å². The molecule has 0 aliphatic carbocycles. The van der Waals surface area contributed by atoms with Crippen LogP contribution in [0.3, 0.4) is 0 Å². The molecule has 3 rings (SSSR count). The van der Waals surface area contributed by atoms with Crippen LogP contribution in [0.5, 0.6) is 0 Å². The van der Waals surface area contributed by atoms with Crippen LogP contribution in [0.25, 0.3) is 0 Å². The fraction of sp³-hybridized carbons (Fsp3) is 0.235. The standard InChI is InChI=1S/C17H17N5O8S2.Na/c1-29-16(25)13-12(15(24)22(13)32(26,27)28)20-14(23)11(10-8-31-17(18)19-10)21-30-7-9-5-3-2-4-6-9;/h2-6,8,12-13H,7H2,1H3,(H2,18,19)(H,20,23)(H,26,27,28);/q;+1/p-1/t12-,13-;/m0./s1. The molecule has 1 fully saturated rings. The fourth-order valence-corrected chi connectivity index (χ4v) is 4.13. The number of nitrogens with two attached hydrogens (primary N) is 1. The molecule has 1 aromatic carbocycles. The molecule has 2 aromatic rings.